The highest BCUT2D eigenvalue weighted by molar-refractivity contribution is 5.93. The number of hydrogen-bond donors (Lipinski definition) is 1. The first-order valence-corrected chi connectivity index (χ1v) is 8.43. The zero-order chi connectivity index (χ0) is 18.6. The molecule has 27 heavy (non-hydrogen) atoms. The maximum absolute atomic E-state index is 12.2. The van der Waals surface area contributed by atoms with Crippen LogP contribution >= 0.6 is 0 Å². The molecular formula is C20H17N5O2. The molecule has 0 aliphatic rings. The lowest BCUT2D eigenvalue weighted by atomic mass is 10.1. The van der Waals surface area contributed by atoms with Crippen LogP contribution in [0.1, 0.15) is 5.56 Å². The number of carbonyl (C=O) groups is 1. The van der Waals surface area contributed by atoms with E-state index >= 15 is 0 Å². The average molecular weight is 359 g/mol. The zero-order valence-electron chi connectivity index (χ0n) is 14.7. The summed E-state index contributed by atoms with van der Waals surface area (Å²) in [6, 6.07) is 13.6. The van der Waals surface area contributed by atoms with Gasteiger partial charge in [0.1, 0.15) is 5.65 Å². The van der Waals surface area contributed by atoms with Crippen LogP contribution in [0.2, 0.25) is 0 Å². The number of aromatic nitrogens is 4. The Hall–Kier alpha value is -3.74. The Morgan fingerprint density at radius 1 is 1.15 bits per heavy atom. The maximum Gasteiger partial charge on any atom is 0.316 e. The van der Waals surface area contributed by atoms with Crippen molar-refractivity contribution < 1.29 is 9.53 Å². The van der Waals surface area contributed by atoms with Crippen molar-refractivity contribution in [2.75, 3.05) is 11.9 Å². The monoisotopic (exact) mass is 359 g/mol. The lowest BCUT2D eigenvalue weighted by Crippen LogP contribution is -2.21. The molecular weight excluding hydrogens is 342 g/mol. The van der Waals surface area contributed by atoms with Crippen LogP contribution in [0.15, 0.2) is 67.3 Å². The van der Waals surface area contributed by atoms with Gasteiger partial charge in [-0.25, -0.2) is 15.0 Å². The van der Waals surface area contributed by atoms with Gasteiger partial charge < -0.3 is 14.5 Å². The molecule has 0 fully saturated rings. The number of nitrogens with one attached hydrogen (secondary N) is 1. The first-order valence-electron chi connectivity index (χ1n) is 8.43. The van der Waals surface area contributed by atoms with E-state index in [1.807, 2.05) is 60.1 Å². The normalized spacial score (nSPS) is 10.7. The Labute approximate surface area is 155 Å². The Balaban J connectivity index is 1.51. The Morgan fingerprint density at radius 2 is 2.00 bits per heavy atom. The second-order valence-electron chi connectivity index (χ2n) is 5.99. The van der Waals surface area contributed by atoms with Crippen LogP contribution in [0.25, 0.3) is 16.9 Å². The number of carbonyl (C=O) groups excluding carboxylic acids is 1. The predicted octanol–water partition coefficient (Wildman–Crippen LogP) is 3.12. The van der Waals surface area contributed by atoms with Crippen molar-refractivity contribution in [1.29, 1.82) is 0 Å². The number of amides is 1. The molecule has 0 saturated carbocycles. The van der Waals surface area contributed by atoms with Crippen molar-refractivity contribution in [2.45, 2.75) is 6.92 Å². The number of pyridine rings is 1. The summed E-state index contributed by atoms with van der Waals surface area (Å²) in [6.07, 6.45) is 7.03. The fourth-order valence-electron chi connectivity index (χ4n) is 2.67. The SMILES string of the molecule is Cc1ccc(-c2cn3ccccc3n2)cc1NC(=O)COc1ncccn1. The van der Waals surface area contributed by atoms with E-state index in [4.69, 9.17) is 4.74 Å². The van der Waals surface area contributed by atoms with Gasteiger partial charge in [0.05, 0.1) is 5.69 Å². The summed E-state index contributed by atoms with van der Waals surface area (Å²) < 4.78 is 7.24. The van der Waals surface area contributed by atoms with Gasteiger partial charge in [-0.1, -0.05) is 18.2 Å². The van der Waals surface area contributed by atoms with Gasteiger partial charge in [0.25, 0.3) is 5.91 Å². The third-order valence-electron chi connectivity index (χ3n) is 4.05. The van der Waals surface area contributed by atoms with Gasteiger partial charge in [-0.2, -0.15) is 0 Å². The number of hydrogen-bond acceptors (Lipinski definition) is 5. The first-order chi connectivity index (χ1) is 13.2. The second-order valence-corrected chi connectivity index (χ2v) is 5.99. The fourth-order valence-corrected chi connectivity index (χ4v) is 2.67. The third kappa shape index (κ3) is 3.77. The molecule has 0 radical (unpaired) electrons. The molecule has 7 heteroatoms. The Morgan fingerprint density at radius 3 is 2.81 bits per heavy atom. The van der Waals surface area contributed by atoms with Gasteiger partial charge in [0.2, 0.25) is 0 Å². The quantitative estimate of drug-likeness (QED) is 0.592. The van der Waals surface area contributed by atoms with Gasteiger partial charge in [0.15, 0.2) is 6.61 Å². The van der Waals surface area contributed by atoms with Crippen molar-refractivity contribution in [3.8, 4) is 17.3 Å². The van der Waals surface area contributed by atoms with Gasteiger partial charge >= 0.3 is 6.01 Å². The van der Waals surface area contributed by atoms with E-state index in [-0.39, 0.29) is 18.5 Å². The van der Waals surface area contributed by atoms with Gasteiger partial charge in [-0.05, 0) is 36.8 Å². The number of ether oxygens (including phenoxy) is 1. The van der Waals surface area contributed by atoms with E-state index in [0.29, 0.717) is 5.69 Å². The highest BCUT2D eigenvalue weighted by Gasteiger charge is 2.10. The minimum absolute atomic E-state index is 0.165. The van der Waals surface area contributed by atoms with E-state index in [2.05, 4.69) is 20.3 Å². The van der Waals surface area contributed by atoms with Crippen LogP contribution in [0.3, 0.4) is 0 Å². The highest BCUT2D eigenvalue weighted by Crippen LogP contribution is 2.25. The van der Waals surface area contributed by atoms with E-state index in [1.165, 1.54) is 0 Å². The molecule has 0 saturated heterocycles. The lowest BCUT2D eigenvalue weighted by Gasteiger charge is -2.10. The summed E-state index contributed by atoms with van der Waals surface area (Å²) >= 11 is 0. The van der Waals surface area contributed by atoms with Crippen molar-refractivity contribution in [3.05, 3.63) is 72.8 Å². The molecule has 7 nitrogen and oxygen atoms in total. The number of imidazole rings is 1. The maximum atomic E-state index is 12.2. The van der Waals surface area contributed by atoms with Gasteiger partial charge in [-0.3, -0.25) is 4.79 Å². The van der Waals surface area contributed by atoms with Crippen LogP contribution in [-0.4, -0.2) is 31.9 Å². The number of nitrogens with zero attached hydrogens (tertiary/aromatic N) is 4. The highest BCUT2D eigenvalue weighted by atomic mass is 16.5. The molecule has 3 heterocycles. The standard InChI is InChI=1S/C20H17N5O2/c1-14-6-7-15(17-12-25-10-3-2-5-18(25)23-17)11-16(14)24-19(26)13-27-20-21-8-4-9-22-20/h2-12H,13H2,1H3,(H,24,26). The molecule has 4 rings (SSSR count). The molecule has 0 atom stereocenters. The Bertz CT molecular complexity index is 1060. The summed E-state index contributed by atoms with van der Waals surface area (Å²) in [5.41, 5.74) is 4.30. The summed E-state index contributed by atoms with van der Waals surface area (Å²) in [7, 11) is 0. The van der Waals surface area contributed by atoms with Crippen molar-refractivity contribution in [3.63, 3.8) is 0 Å². The van der Waals surface area contributed by atoms with E-state index in [1.54, 1.807) is 18.5 Å². The molecule has 0 spiro atoms. The minimum Gasteiger partial charge on any atom is -0.453 e. The van der Waals surface area contributed by atoms with Gasteiger partial charge in [0, 0.05) is 36.0 Å². The molecule has 1 amide bonds. The van der Waals surface area contributed by atoms with Crippen LogP contribution in [-0.2, 0) is 4.79 Å². The molecule has 0 aliphatic heterocycles. The predicted molar refractivity (Wildman–Crippen MR) is 102 cm³/mol. The number of anilines is 1. The smallest absolute Gasteiger partial charge is 0.316 e. The molecule has 134 valence electrons. The van der Waals surface area contributed by atoms with E-state index in [0.717, 1.165) is 22.5 Å². The van der Waals surface area contributed by atoms with Crippen molar-refractivity contribution >= 4 is 17.2 Å². The van der Waals surface area contributed by atoms with E-state index < -0.39 is 0 Å². The molecule has 1 aromatic carbocycles. The summed E-state index contributed by atoms with van der Waals surface area (Å²) in [5.74, 6) is -0.280. The van der Waals surface area contributed by atoms with Crippen molar-refractivity contribution in [2.24, 2.45) is 0 Å². The summed E-state index contributed by atoms with van der Waals surface area (Å²) in [6.45, 7) is 1.77. The molecule has 0 bridgehead atoms. The van der Waals surface area contributed by atoms with E-state index in [9.17, 15) is 4.79 Å². The number of rotatable bonds is 5. The molecule has 0 unspecified atom stereocenters. The third-order valence-corrected chi connectivity index (χ3v) is 4.05. The number of aryl methyl sites for hydroxylation is 1. The number of fused-ring (bicyclic) bond motifs is 1. The molecule has 4 aromatic rings. The van der Waals surface area contributed by atoms with Crippen LogP contribution in [0.4, 0.5) is 5.69 Å². The van der Waals surface area contributed by atoms with Crippen LogP contribution < -0.4 is 10.1 Å². The second kappa shape index (κ2) is 7.25. The Kier molecular flexibility index (Phi) is 4.49. The lowest BCUT2D eigenvalue weighted by molar-refractivity contribution is -0.118. The largest absolute Gasteiger partial charge is 0.453 e. The molecule has 1 N–H and O–H groups in total. The van der Waals surface area contributed by atoms with Crippen LogP contribution in [0, 0.1) is 6.92 Å². The molecule has 3 aromatic heterocycles. The van der Waals surface area contributed by atoms with Crippen molar-refractivity contribution in [1.82, 2.24) is 19.4 Å². The minimum atomic E-state index is -0.280. The number of benzene rings is 1. The average Bonchev–Trinajstić information content (AvgIpc) is 3.13. The topological polar surface area (TPSA) is 81.4 Å². The van der Waals surface area contributed by atoms with Crippen LogP contribution in [0.5, 0.6) is 6.01 Å². The zero-order valence-corrected chi connectivity index (χ0v) is 14.7. The first kappa shape index (κ1) is 16.7. The van der Waals surface area contributed by atoms with Gasteiger partial charge in [-0.15, -0.1) is 0 Å². The molecule has 0 aliphatic carbocycles. The summed E-state index contributed by atoms with van der Waals surface area (Å²) in [4.78, 5) is 24.7. The fraction of sp³-hybridized carbons (Fsp3) is 0.100. The summed E-state index contributed by atoms with van der Waals surface area (Å²) in [5, 5.41) is 2.87.